The molecule has 0 saturated carbocycles. The van der Waals surface area contributed by atoms with Crippen molar-refractivity contribution in [2.24, 2.45) is 0 Å². The van der Waals surface area contributed by atoms with Crippen molar-refractivity contribution in [1.82, 2.24) is 9.97 Å². The molecule has 2 aromatic heterocycles. The van der Waals surface area contributed by atoms with Gasteiger partial charge < -0.3 is 4.98 Å². The van der Waals surface area contributed by atoms with E-state index in [-0.39, 0.29) is 0 Å². The van der Waals surface area contributed by atoms with Gasteiger partial charge in [0, 0.05) is 6.20 Å². The number of rotatable bonds is 0. The van der Waals surface area contributed by atoms with Crippen molar-refractivity contribution in [1.29, 1.82) is 5.26 Å². The van der Waals surface area contributed by atoms with Crippen LogP contribution < -0.4 is 0 Å². The second-order valence-electron chi connectivity index (χ2n) is 2.46. The van der Waals surface area contributed by atoms with Crippen molar-refractivity contribution in [3.05, 3.63) is 26.5 Å². The van der Waals surface area contributed by atoms with Crippen LogP contribution in [0.15, 0.2) is 12.3 Å². The normalized spacial score (nSPS) is 10.2. The molecular formula is C8H3ClIN3. The highest BCUT2D eigenvalue weighted by molar-refractivity contribution is 14.1. The van der Waals surface area contributed by atoms with E-state index in [0.29, 0.717) is 10.7 Å². The number of nitrogens with one attached hydrogen (secondary N) is 1. The number of pyridine rings is 1. The maximum atomic E-state index is 8.67. The number of nitrogens with zero attached hydrogens (tertiary/aromatic N) is 2. The van der Waals surface area contributed by atoms with E-state index < -0.39 is 0 Å². The van der Waals surface area contributed by atoms with Crippen LogP contribution in [-0.4, -0.2) is 9.97 Å². The average Bonchev–Trinajstić information content (AvgIpc) is 2.48. The summed E-state index contributed by atoms with van der Waals surface area (Å²) < 4.78 is 0.964. The molecule has 0 bridgehead atoms. The molecule has 64 valence electrons. The molecule has 2 rings (SSSR count). The van der Waals surface area contributed by atoms with Gasteiger partial charge in [-0.3, -0.25) is 0 Å². The monoisotopic (exact) mass is 303 g/mol. The molecule has 13 heavy (non-hydrogen) atoms. The van der Waals surface area contributed by atoms with Gasteiger partial charge in [0.15, 0.2) is 0 Å². The van der Waals surface area contributed by atoms with Crippen molar-refractivity contribution < 1.29 is 0 Å². The molecular weight excluding hydrogens is 300 g/mol. The first-order valence-corrected chi connectivity index (χ1v) is 4.91. The van der Waals surface area contributed by atoms with E-state index in [9.17, 15) is 0 Å². The number of aromatic amines is 1. The standard InChI is InChI=1S/C8H3ClIN3/c9-5-1-4(2-11)13-8-6(10)3-12-7(5)8/h1,3,12H. The lowest BCUT2D eigenvalue weighted by Gasteiger charge is -1.94. The van der Waals surface area contributed by atoms with Gasteiger partial charge in [-0.15, -0.1) is 0 Å². The van der Waals surface area contributed by atoms with Crippen LogP contribution in [-0.2, 0) is 0 Å². The summed E-state index contributed by atoms with van der Waals surface area (Å²) in [5.74, 6) is 0. The summed E-state index contributed by atoms with van der Waals surface area (Å²) in [6.07, 6.45) is 1.81. The summed E-state index contributed by atoms with van der Waals surface area (Å²) in [6, 6.07) is 3.52. The first-order valence-electron chi connectivity index (χ1n) is 3.45. The number of hydrogen-bond donors (Lipinski definition) is 1. The summed E-state index contributed by atoms with van der Waals surface area (Å²) in [7, 11) is 0. The lowest BCUT2D eigenvalue weighted by atomic mass is 10.3. The second-order valence-corrected chi connectivity index (χ2v) is 4.03. The molecule has 0 aliphatic carbocycles. The van der Waals surface area contributed by atoms with E-state index in [1.165, 1.54) is 0 Å². The SMILES string of the molecule is N#Cc1cc(Cl)c2[nH]cc(I)c2n1. The van der Waals surface area contributed by atoms with Crippen LogP contribution in [0.2, 0.25) is 5.02 Å². The highest BCUT2D eigenvalue weighted by Crippen LogP contribution is 2.25. The molecule has 0 unspecified atom stereocenters. The van der Waals surface area contributed by atoms with E-state index in [1.54, 1.807) is 6.07 Å². The van der Waals surface area contributed by atoms with Gasteiger partial charge in [-0.25, -0.2) is 4.98 Å². The first-order chi connectivity index (χ1) is 6.22. The fraction of sp³-hybridized carbons (Fsp3) is 0. The van der Waals surface area contributed by atoms with Crippen LogP contribution in [0.3, 0.4) is 0 Å². The van der Waals surface area contributed by atoms with Gasteiger partial charge in [-0.1, -0.05) is 11.6 Å². The number of H-pyrrole nitrogens is 1. The van der Waals surface area contributed by atoms with E-state index in [2.05, 4.69) is 32.6 Å². The Bertz CT molecular complexity index is 512. The lowest BCUT2D eigenvalue weighted by molar-refractivity contribution is 1.32. The zero-order chi connectivity index (χ0) is 9.42. The molecule has 0 aliphatic heterocycles. The van der Waals surface area contributed by atoms with E-state index in [0.717, 1.165) is 14.6 Å². The molecule has 1 N–H and O–H groups in total. The quantitative estimate of drug-likeness (QED) is 0.761. The van der Waals surface area contributed by atoms with Gasteiger partial charge in [0.05, 0.1) is 14.1 Å². The van der Waals surface area contributed by atoms with Crippen molar-refractivity contribution >= 4 is 45.2 Å². The summed E-state index contributed by atoms with van der Waals surface area (Å²) in [5.41, 5.74) is 1.88. The largest absolute Gasteiger partial charge is 0.358 e. The van der Waals surface area contributed by atoms with Crippen LogP contribution in [0.4, 0.5) is 0 Å². The number of fused-ring (bicyclic) bond motifs is 1. The predicted octanol–water partition coefficient (Wildman–Crippen LogP) is 2.69. The molecule has 0 spiro atoms. The van der Waals surface area contributed by atoms with Crippen LogP contribution in [0.25, 0.3) is 11.0 Å². The van der Waals surface area contributed by atoms with Gasteiger partial charge in [-0.05, 0) is 28.7 Å². The Morgan fingerprint density at radius 2 is 2.38 bits per heavy atom. The van der Waals surface area contributed by atoms with Gasteiger partial charge in [0.1, 0.15) is 17.3 Å². The molecule has 0 aromatic carbocycles. The Kier molecular flexibility index (Phi) is 2.14. The molecule has 0 aliphatic rings. The minimum atomic E-state index is 0.343. The van der Waals surface area contributed by atoms with Crippen LogP contribution in [0.5, 0.6) is 0 Å². The predicted molar refractivity (Wildman–Crippen MR) is 58.5 cm³/mol. The van der Waals surface area contributed by atoms with Gasteiger partial charge in [-0.2, -0.15) is 5.26 Å². The van der Waals surface area contributed by atoms with E-state index in [4.69, 9.17) is 16.9 Å². The van der Waals surface area contributed by atoms with Crippen LogP contribution >= 0.6 is 34.2 Å². The molecule has 0 amide bonds. The first kappa shape index (κ1) is 8.78. The average molecular weight is 303 g/mol. The Labute approximate surface area is 92.9 Å². The highest BCUT2D eigenvalue weighted by atomic mass is 127. The fourth-order valence-electron chi connectivity index (χ4n) is 1.09. The molecule has 0 radical (unpaired) electrons. The topological polar surface area (TPSA) is 52.5 Å². The van der Waals surface area contributed by atoms with Crippen LogP contribution in [0.1, 0.15) is 5.69 Å². The summed E-state index contributed by atoms with van der Waals surface area (Å²) in [6.45, 7) is 0. The Morgan fingerprint density at radius 1 is 1.62 bits per heavy atom. The zero-order valence-electron chi connectivity index (χ0n) is 6.31. The molecule has 2 aromatic rings. The minimum Gasteiger partial charge on any atom is -0.358 e. The smallest absolute Gasteiger partial charge is 0.142 e. The maximum absolute atomic E-state index is 8.67. The zero-order valence-corrected chi connectivity index (χ0v) is 9.22. The minimum absolute atomic E-state index is 0.343. The fourth-order valence-corrected chi connectivity index (χ4v) is 1.88. The highest BCUT2D eigenvalue weighted by Gasteiger charge is 2.07. The van der Waals surface area contributed by atoms with Crippen molar-refractivity contribution in [3.8, 4) is 6.07 Å². The van der Waals surface area contributed by atoms with Crippen molar-refractivity contribution in [2.75, 3.05) is 0 Å². The molecule has 0 saturated heterocycles. The van der Waals surface area contributed by atoms with Gasteiger partial charge in [0.25, 0.3) is 0 Å². The molecule has 0 atom stereocenters. The second kappa shape index (κ2) is 3.16. The van der Waals surface area contributed by atoms with E-state index >= 15 is 0 Å². The third kappa shape index (κ3) is 1.38. The molecule has 0 fully saturated rings. The van der Waals surface area contributed by atoms with Gasteiger partial charge in [0.2, 0.25) is 0 Å². The third-order valence-corrected chi connectivity index (χ3v) is 2.78. The summed E-state index contributed by atoms with van der Waals surface area (Å²) >= 11 is 8.07. The summed E-state index contributed by atoms with van der Waals surface area (Å²) in [4.78, 5) is 7.13. The van der Waals surface area contributed by atoms with Crippen molar-refractivity contribution in [2.45, 2.75) is 0 Å². The molecule has 3 nitrogen and oxygen atoms in total. The molecule has 2 heterocycles. The Morgan fingerprint density at radius 3 is 3.08 bits per heavy atom. The number of aromatic nitrogens is 2. The van der Waals surface area contributed by atoms with E-state index in [1.807, 2.05) is 12.3 Å². The summed E-state index contributed by atoms with van der Waals surface area (Å²) in [5, 5.41) is 9.20. The van der Waals surface area contributed by atoms with Crippen molar-refractivity contribution in [3.63, 3.8) is 0 Å². The van der Waals surface area contributed by atoms with Gasteiger partial charge >= 0.3 is 0 Å². The third-order valence-electron chi connectivity index (χ3n) is 1.66. The number of hydrogen-bond acceptors (Lipinski definition) is 2. The molecule has 5 heteroatoms. The maximum Gasteiger partial charge on any atom is 0.142 e. The Balaban J connectivity index is 2.90. The van der Waals surface area contributed by atoms with Crippen LogP contribution in [0, 0.1) is 14.9 Å². The number of nitriles is 1. The number of halogens is 2. The Hall–Kier alpha value is -0.800. The lowest BCUT2D eigenvalue weighted by Crippen LogP contribution is -1.84.